The topological polar surface area (TPSA) is 66.0 Å². The van der Waals surface area contributed by atoms with Crippen molar-refractivity contribution in [3.05, 3.63) is 77.9 Å². The van der Waals surface area contributed by atoms with Crippen LogP contribution in [0.2, 0.25) is 0 Å². The van der Waals surface area contributed by atoms with Crippen molar-refractivity contribution in [1.82, 2.24) is 5.32 Å². The van der Waals surface area contributed by atoms with Gasteiger partial charge in [0, 0.05) is 23.6 Å². The number of hydrogen-bond acceptors (Lipinski definition) is 5. The van der Waals surface area contributed by atoms with E-state index in [1.54, 1.807) is 32.4 Å². The van der Waals surface area contributed by atoms with Gasteiger partial charge in [-0.3, -0.25) is 4.79 Å². The Morgan fingerprint density at radius 3 is 2.37 bits per heavy atom. The van der Waals surface area contributed by atoms with Crippen molar-refractivity contribution in [1.29, 1.82) is 0 Å². The highest BCUT2D eigenvalue weighted by molar-refractivity contribution is 5.95. The lowest BCUT2D eigenvalue weighted by Crippen LogP contribution is -2.34. The van der Waals surface area contributed by atoms with Crippen LogP contribution in [0.5, 0.6) is 28.7 Å². The minimum absolute atomic E-state index is 0.136. The number of para-hydroxylation sites is 1. The molecule has 1 atom stereocenters. The number of amides is 1. The van der Waals surface area contributed by atoms with Crippen molar-refractivity contribution in [3.8, 4) is 28.7 Å². The minimum atomic E-state index is -0.208. The van der Waals surface area contributed by atoms with Crippen LogP contribution in [0.3, 0.4) is 0 Å². The smallest absolute Gasteiger partial charge is 0.251 e. The van der Waals surface area contributed by atoms with Gasteiger partial charge in [0.05, 0.1) is 20.8 Å². The van der Waals surface area contributed by atoms with Crippen LogP contribution in [0.4, 0.5) is 0 Å². The van der Waals surface area contributed by atoms with Crippen molar-refractivity contribution in [2.45, 2.75) is 12.5 Å². The highest BCUT2D eigenvalue weighted by Crippen LogP contribution is 2.33. The molecule has 1 N–H and O–H groups in total. The number of carbonyl (C=O) groups is 1. The Morgan fingerprint density at radius 2 is 1.67 bits per heavy atom. The van der Waals surface area contributed by atoms with Crippen molar-refractivity contribution in [3.63, 3.8) is 0 Å². The third-order valence-electron chi connectivity index (χ3n) is 4.86. The van der Waals surface area contributed by atoms with Gasteiger partial charge in [-0.05, 0) is 42.5 Å². The van der Waals surface area contributed by atoms with Crippen molar-refractivity contribution in [2.75, 3.05) is 20.8 Å². The van der Waals surface area contributed by atoms with E-state index < -0.39 is 0 Å². The van der Waals surface area contributed by atoms with Gasteiger partial charge in [0.2, 0.25) is 0 Å². The van der Waals surface area contributed by atoms with Crippen LogP contribution in [0.1, 0.15) is 15.9 Å². The molecule has 1 aliphatic heterocycles. The summed E-state index contributed by atoms with van der Waals surface area (Å²) in [6, 6.07) is 20.5. The van der Waals surface area contributed by atoms with Gasteiger partial charge in [0.25, 0.3) is 5.91 Å². The lowest BCUT2D eigenvalue weighted by molar-refractivity contribution is 0.0933. The second kappa shape index (κ2) is 8.78. The van der Waals surface area contributed by atoms with Gasteiger partial charge in [-0.25, -0.2) is 0 Å². The summed E-state index contributed by atoms with van der Waals surface area (Å²) in [5.74, 6) is 3.29. The third kappa shape index (κ3) is 4.49. The molecule has 0 aliphatic carbocycles. The molecule has 0 saturated carbocycles. The molecule has 154 valence electrons. The zero-order valence-corrected chi connectivity index (χ0v) is 16.9. The van der Waals surface area contributed by atoms with Crippen molar-refractivity contribution < 1.29 is 23.7 Å². The summed E-state index contributed by atoms with van der Waals surface area (Å²) < 4.78 is 22.3. The summed E-state index contributed by atoms with van der Waals surface area (Å²) in [6.07, 6.45) is 0.562. The average Bonchev–Trinajstić information content (AvgIpc) is 3.20. The largest absolute Gasteiger partial charge is 0.497 e. The monoisotopic (exact) mass is 405 g/mol. The molecule has 30 heavy (non-hydrogen) atoms. The summed E-state index contributed by atoms with van der Waals surface area (Å²) in [5, 5.41) is 2.93. The van der Waals surface area contributed by atoms with E-state index in [4.69, 9.17) is 18.9 Å². The normalized spacial score (nSPS) is 14.4. The van der Waals surface area contributed by atoms with Gasteiger partial charge >= 0.3 is 0 Å². The molecule has 0 unspecified atom stereocenters. The SMILES string of the molecule is COc1cc(OC)cc(C(=O)NC[C@H]2Cc3cc(Oc4ccccc4)ccc3O2)c1. The molecule has 0 aromatic heterocycles. The van der Waals surface area contributed by atoms with Crippen molar-refractivity contribution >= 4 is 5.91 Å². The van der Waals surface area contributed by atoms with Crippen LogP contribution < -0.4 is 24.3 Å². The second-order valence-electron chi connectivity index (χ2n) is 6.94. The number of rotatable bonds is 7. The molecule has 3 aromatic carbocycles. The predicted octanol–water partition coefficient (Wildman–Crippen LogP) is 4.23. The molecule has 4 rings (SSSR count). The fourth-order valence-electron chi connectivity index (χ4n) is 3.35. The van der Waals surface area contributed by atoms with Gasteiger partial charge in [-0.2, -0.15) is 0 Å². The van der Waals surface area contributed by atoms with Crippen LogP contribution >= 0.6 is 0 Å². The summed E-state index contributed by atoms with van der Waals surface area (Å²) in [7, 11) is 3.10. The number of methoxy groups -OCH3 is 2. The summed E-state index contributed by atoms with van der Waals surface area (Å²) in [6.45, 7) is 0.391. The van der Waals surface area contributed by atoms with Gasteiger partial charge in [-0.1, -0.05) is 18.2 Å². The quantitative estimate of drug-likeness (QED) is 0.637. The Kier molecular flexibility index (Phi) is 5.75. The first-order valence-corrected chi connectivity index (χ1v) is 9.68. The number of carbonyl (C=O) groups excluding carboxylic acids is 1. The Bertz CT molecular complexity index is 1010. The van der Waals surface area contributed by atoms with Crippen molar-refractivity contribution in [2.24, 2.45) is 0 Å². The maximum Gasteiger partial charge on any atom is 0.251 e. The molecule has 6 nitrogen and oxygen atoms in total. The molecular weight excluding hydrogens is 382 g/mol. The Balaban J connectivity index is 1.36. The molecule has 0 radical (unpaired) electrons. The predicted molar refractivity (Wildman–Crippen MR) is 113 cm³/mol. The first-order valence-electron chi connectivity index (χ1n) is 9.68. The molecule has 1 amide bonds. The Morgan fingerprint density at radius 1 is 0.933 bits per heavy atom. The highest BCUT2D eigenvalue weighted by Gasteiger charge is 2.24. The van der Waals surface area contributed by atoms with E-state index in [9.17, 15) is 4.79 Å². The van der Waals surface area contributed by atoms with E-state index in [-0.39, 0.29) is 12.0 Å². The fourth-order valence-corrected chi connectivity index (χ4v) is 3.35. The minimum Gasteiger partial charge on any atom is -0.497 e. The molecule has 1 aliphatic rings. The molecular formula is C24H23NO5. The van der Waals surface area contributed by atoms with E-state index in [1.807, 2.05) is 48.5 Å². The number of fused-ring (bicyclic) bond motifs is 1. The molecule has 0 bridgehead atoms. The van der Waals surface area contributed by atoms with E-state index in [0.717, 1.165) is 22.8 Å². The molecule has 1 heterocycles. The van der Waals surface area contributed by atoms with Crippen LogP contribution in [-0.2, 0) is 6.42 Å². The molecule has 0 spiro atoms. The van der Waals surface area contributed by atoms with Gasteiger partial charge in [0.1, 0.15) is 34.9 Å². The maximum atomic E-state index is 12.6. The first kappa shape index (κ1) is 19.6. The third-order valence-corrected chi connectivity index (χ3v) is 4.86. The van der Waals surface area contributed by atoms with Crippen LogP contribution in [0.15, 0.2) is 66.7 Å². The number of nitrogens with one attached hydrogen (secondary N) is 1. The number of hydrogen-bond donors (Lipinski definition) is 1. The molecule has 3 aromatic rings. The first-order chi connectivity index (χ1) is 14.6. The van der Waals surface area contributed by atoms with Gasteiger partial charge < -0.3 is 24.3 Å². The van der Waals surface area contributed by atoms with E-state index >= 15 is 0 Å². The summed E-state index contributed by atoms with van der Waals surface area (Å²) in [4.78, 5) is 12.6. The van der Waals surface area contributed by atoms with Crippen LogP contribution in [0, 0.1) is 0 Å². The zero-order chi connectivity index (χ0) is 20.9. The Labute approximate surface area is 175 Å². The summed E-state index contributed by atoms with van der Waals surface area (Å²) >= 11 is 0. The lowest BCUT2D eigenvalue weighted by atomic mass is 10.1. The standard InChI is InChI=1S/C24H23NO5/c1-27-20-12-17(13-21(14-20)28-2)24(26)25-15-22-11-16-10-19(8-9-23(16)30-22)29-18-6-4-3-5-7-18/h3-10,12-14,22H,11,15H2,1-2H3,(H,25,26)/t22-/m1/s1. The Hall–Kier alpha value is -3.67. The van der Waals surface area contributed by atoms with E-state index in [1.165, 1.54) is 0 Å². The maximum absolute atomic E-state index is 12.6. The average molecular weight is 405 g/mol. The molecule has 6 heteroatoms. The van der Waals surface area contributed by atoms with E-state index in [2.05, 4.69) is 5.32 Å². The lowest BCUT2D eigenvalue weighted by Gasteiger charge is -2.13. The van der Waals surface area contributed by atoms with Gasteiger partial charge in [0.15, 0.2) is 0 Å². The van der Waals surface area contributed by atoms with Crippen LogP contribution in [-0.4, -0.2) is 32.8 Å². The second-order valence-corrected chi connectivity index (χ2v) is 6.94. The molecule has 0 saturated heterocycles. The molecule has 0 fully saturated rings. The summed E-state index contributed by atoms with van der Waals surface area (Å²) in [5.41, 5.74) is 1.53. The van der Waals surface area contributed by atoms with E-state index in [0.29, 0.717) is 30.0 Å². The number of ether oxygens (including phenoxy) is 4. The van der Waals surface area contributed by atoms with Gasteiger partial charge in [-0.15, -0.1) is 0 Å². The number of benzene rings is 3. The zero-order valence-electron chi connectivity index (χ0n) is 16.9. The highest BCUT2D eigenvalue weighted by atomic mass is 16.5. The fraction of sp³-hybridized carbons (Fsp3) is 0.208. The van der Waals surface area contributed by atoms with Crippen LogP contribution in [0.25, 0.3) is 0 Å².